The van der Waals surface area contributed by atoms with Crippen molar-refractivity contribution in [2.75, 3.05) is 5.73 Å². The van der Waals surface area contributed by atoms with Crippen LogP contribution in [0.4, 0.5) is 5.69 Å². The summed E-state index contributed by atoms with van der Waals surface area (Å²) in [5.41, 5.74) is 4.99. The standard InChI is InChI=1S/C11H14N2O6S2/c1-3-20(15,16)7(2)13-11(14)8-4-5-9(12)10(6-8)21(17,18)19/h3-7H,1,12H2,2H3,(H,13,14)(H,17,18,19). The van der Waals surface area contributed by atoms with Crippen LogP contribution in [0.25, 0.3) is 0 Å². The van der Waals surface area contributed by atoms with Crippen molar-refractivity contribution < 1.29 is 26.2 Å². The van der Waals surface area contributed by atoms with Crippen molar-refractivity contribution in [1.82, 2.24) is 5.32 Å². The Morgan fingerprint density at radius 2 is 1.95 bits per heavy atom. The molecule has 8 nitrogen and oxygen atoms in total. The molecule has 0 saturated carbocycles. The number of carbonyl (C=O) groups is 1. The SMILES string of the molecule is C=CS(=O)(=O)C(C)NC(=O)c1ccc(N)c(S(=O)(=O)O)c1. The van der Waals surface area contributed by atoms with E-state index in [0.29, 0.717) is 5.41 Å². The fraction of sp³-hybridized carbons (Fsp3) is 0.182. The van der Waals surface area contributed by atoms with Crippen molar-refractivity contribution in [2.45, 2.75) is 17.2 Å². The lowest BCUT2D eigenvalue weighted by atomic mass is 10.2. The number of sulfone groups is 1. The van der Waals surface area contributed by atoms with Crippen LogP contribution in [0.15, 0.2) is 35.1 Å². The molecule has 0 heterocycles. The molecule has 0 aliphatic heterocycles. The molecule has 4 N–H and O–H groups in total. The third-order valence-electron chi connectivity index (χ3n) is 2.61. The Labute approximate surface area is 122 Å². The predicted molar refractivity (Wildman–Crippen MR) is 76.7 cm³/mol. The van der Waals surface area contributed by atoms with E-state index < -0.39 is 36.1 Å². The molecular weight excluding hydrogens is 320 g/mol. The Morgan fingerprint density at radius 1 is 1.38 bits per heavy atom. The van der Waals surface area contributed by atoms with Crippen LogP contribution in [0.2, 0.25) is 0 Å². The fourth-order valence-corrected chi connectivity index (χ4v) is 2.60. The molecule has 1 aromatic carbocycles. The number of nitrogens with two attached hydrogens (primary N) is 1. The second kappa shape index (κ2) is 5.84. The number of benzene rings is 1. The lowest BCUT2D eigenvalue weighted by molar-refractivity contribution is 0.0950. The average Bonchev–Trinajstić information content (AvgIpc) is 2.37. The molecule has 21 heavy (non-hydrogen) atoms. The fourth-order valence-electron chi connectivity index (χ4n) is 1.39. The molecule has 0 aromatic heterocycles. The molecule has 116 valence electrons. The molecule has 1 amide bonds. The van der Waals surface area contributed by atoms with Gasteiger partial charge >= 0.3 is 0 Å². The van der Waals surface area contributed by atoms with E-state index in [4.69, 9.17) is 10.3 Å². The molecule has 1 aromatic rings. The van der Waals surface area contributed by atoms with E-state index in [2.05, 4.69) is 11.9 Å². The highest BCUT2D eigenvalue weighted by Crippen LogP contribution is 2.19. The van der Waals surface area contributed by atoms with Gasteiger partial charge in [0.25, 0.3) is 16.0 Å². The van der Waals surface area contributed by atoms with Gasteiger partial charge in [0.1, 0.15) is 10.3 Å². The third kappa shape index (κ3) is 4.03. The Balaban J connectivity index is 3.13. The van der Waals surface area contributed by atoms with Crippen LogP contribution < -0.4 is 11.1 Å². The van der Waals surface area contributed by atoms with Gasteiger partial charge < -0.3 is 11.1 Å². The van der Waals surface area contributed by atoms with Gasteiger partial charge in [-0.15, -0.1) is 0 Å². The third-order valence-corrected chi connectivity index (χ3v) is 5.09. The van der Waals surface area contributed by atoms with E-state index in [9.17, 15) is 21.6 Å². The zero-order valence-electron chi connectivity index (χ0n) is 11.0. The van der Waals surface area contributed by atoms with Crippen molar-refractivity contribution in [3.63, 3.8) is 0 Å². The molecule has 1 atom stereocenters. The van der Waals surface area contributed by atoms with Crippen molar-refractivity contribution in [1.29, 1.82) is 0 Å². The van der Waals surface area contributed by atoms with Crippen LogP contribution in [0.1, 0.15) is 17.3 Å². The van der Waals surface area contributed by atoms with Gasteiger partial charge in [-0.05, 0) is 25.1 Å². The smallest absolute Gasteiger partial charge is 0.296 e. The summed E-state index contributed by atoms with van der Waals surface area (Å²) in [4.78, 5) is 11.3. The van der Waals surface area contributed by atoms with Gasteiger partial charge in [-0.1, -0.05) is 6.58 Å². The normalized spacial score (nSPS) is 13.4. The highest BCUT2D eigenvalue weighted by molar-refractivity contribution is 7.94. The summed E-state index contributed by atoms with van der Waals surface area (Å²) in [5.74, 6) is -0.835. The summed E-state index contributed by atoms with van der Waals surface area (Å²) in [6.45, 7) is 4.36. The van der Waals surface area contributed by atoms with Crippen molar-refractivity contribution in [2.24, 2.45) is 0 Å². The van der Waals surface area contributed by atoms with Gasteiger partial charge in [0, 0.05) is 11.0 Å². The second-order valence-corrected chi connectivity index (χ2v) is 7.71. The summed E-state index contributed by atoms with van der Waals surface area (Å²) in [6, 6.07) is 3.17. The summed E-state index contributed by atoms with van der Waals surface area (Å²) in [6.07, 6.45) is 0. The minimum absolute atomic E-state index is 0.164. The van der Waals surface area contributed by atoms with Crippen LogP contribution in [0.3, 0.4) is 0 Å². The maximum Gasteiger partial charge on any atom is 0.296 e. The minimum Gasteiger partial charge on any atom is -0.398 e. The number of nitrogen functional groups attached to an aromatic ring is 1. The van der Waals surface area contributed by atoms with Gasteiger partial charge in [-0.3, -0.25) is 9.35 Å². The molecule has 0 bridgehead atoms. The van der Waals surface area contributed by atoms with Crippen molar-refractivity contribution in [3.05, 3.63) is 35.7 Å². The lowest BCUT2D eigenvalue weighted by Crippen LogP contribution is -2.37. The Kier molecular flexibility index (Phi) is 4.76. The molecule has 0 radical (unpaired) electrons. The van der Waals surface area contributed by atoms with E-state index in [1.165, 1.54) is 13.0 Å². The predicted octanol–water partition coefficient (Wildman–Crippen LogP) is 0.150. The maximum absolute atomic E-state index is 11.9. The summed E-state index contributed by atoms with van der Waals surface area (Å²) in [7, 11) is -8.30. The highest BCUT2D eigenvalue weighted by Gasteiger charge is 2.22. The molecule has 1 unspecified atom stereocenters. The number of nitrogens with one attached hydrogen (secondary N) is 1. The summed E-state index contributed by atoms with van der Waals surface area (Å²) < 4.78 is 54.1. The molecule has 0 spiro atoms. The monoisotopic (exact) mass is 334 g/mol. The molecule has 0 saturated heterocycles. The zero-order chi connectivity index (χ0) is 16.4. The summed E-state index contributed by atoms with van der Waals surface area (Å²) >= 11 is 0. The number of hydrogen-bond acceptors (Lipinski definition) is 6. The van der Waals surface area contributed by atoms with E-state index >= 15 is 0 Å². The van der Waals surface area contributed by atoms with Crippen LogP contribution in [0.5, 0.6) is 0 Å². The Morgan fingerprint density at radius 3 is 2.43 bits per heavy atom. The van der Waals surface area contributed by atoms with Crippen LogP contribution in [-0.4, -0.2) is 32.7 Å². The van der Waals surface area contributed by atoms with E-state index in [-0.39, 0.29) is 11.3 Å². The van der Waals surface area contributed by atoms with Crippen LogP contribution in [-0.2, 0) is 20.0 Å². The zero-order valence-corrected chi connectivity index (χ0v) is 12.6. The lowest BCUT2D eigenvalue weighted by Gasteiger charge is -2.13. The molecule has 0 fully saturated rings. The topological polar surface area (TPSA) is 144 Å². The number of hydrogen-bond donors (Lipinski definition) is 3. The average molecular weight is 334 g/mol. The van der Waals surface area contributed by atoms with Gasteiger partial charge in [0.05, 0.1) is 5.69 Å². The summed E-state index contributed by atoms with van der Waals surface area (Å²) in [5, 5.41) is 1.63. The Bertz CT molecular complexity index is 783. The number of carbonyl (C=O) groups excluding carboxylic acids is 1. The van der Waals surface area contributed by atoms with Crippen molar-refractivity contribution >= 4 is 31.5 Å². The van der Waals surface area contributed by atoms with Gasteiger partial charge in [-0.2, -0.15) is 8.42 Å². The second-order valence-electron chi connectivity index (χ2n) is 4.10. The molecular formula is C11H14N2O6S2. The van der Waals surface area contributed by atoms with Gasteiger partial charge in [0.15, 0.2) is 9.84 Å². The molecule has 10 heteroatoms. The first-order valence-corrected chi connectivity index (χ1v) is 8.58. The van der Waals surface area contributed by atoms with Crippen LogP contribution >= 0.6 is 0 Å². The number of rotatable bonds is 5. The van der Waals surface area contributed by atoms with Gasteiger partial charge in [0.2, 0.25) is 0 Å². The maximum atomic E-state index is 11.9. The minimum atomic E-state index is -4.59. The van der Waals surface area contributed by atoms with Gasteiger partial charge in [-0.25, -0.2) is 8.42 Å². The van der Waals surface area contributed by atoms with E-state index in [1.807, 2.05) is 0 Å². The highest BCUT2D eigenvalue weighted by atomic mass is 32.2. The van der Waals surface area contributed by atoms with Crippen molar-refractivity contribution in [3.8, 4) is 0 Å². The first-order chi connectivity index (χ1) is 9.49. The first kappa shape index (κ1) is 17.1. The molecule has 0 aliphatic rings. The van der Waals surface area contributed by atoms with Crippen LogP contribution in [0, 0.1) is 0 Å². The quantitative estimate of drug-likeness (QED) is 0.513. The largest absolute Gasteiger partial charge is 0.398 e. The van der Waals surface area contributed by atoms with E-state index in [1.54, 1.807) is 0 Å². The molecule has 1 rings (SSSR count). The first-order valence-electron chi connectivity index (χ1n) is 5.53. The number of amides is 1. The van der Waals surface area contributed by atoms with E-state index in [0.717, 1.165) is 12.1 Å². The molecule has 0 aliphatic carbocycles. The Hall–Kier alpha value is -1.91. The number of anilines is 1.